The molecule has 22 heavy (non-hydrogen) atoms. The van der Waals surface area contributed by atoms with Crippen molar-refractivity contribution in [3.63, 3.8) is 0 Å². The quantitative estimate of drug-likeness (QED) is 0.847. The number of piperazine rings is 1. The Morgan fingerprint density at radius 2 is 1.86 bits per heavy atom. The molecule has 1 aromatic carbocycles. The second-order valence-electron chi connectivity index (χ2n) is 6.23. The highest BCUT2D eigenvalue weighted by Crippen LogP contribution is 2.20. The maximum atomic E-state index is 12.5. The van der Waals surface area contributed by atoms with E-state index < -0.39 is 0 Å². The molecule has 0 spiro atoms. The summed E-state index contributed by atoms with van der Waals surface area (Å²) in [5.41, 5.74) is 2.22. The van der Waals surface area contributed by atoms with Gasteiger partial charge in [-0.1, -0.05) is 0 Å². The summed E-state index contributed by atoms with van der Waals surface area (Å²) in [5.74, 6) is 0.0928. The summed E-state index contributed by atoms with van der Waals surface area (Å²) < 4.78 is 0. The SMILES string of the molecule is CN1CCN(C2CN(C(=O)c3ccc4n[nH]nc4c3)C2)CC1. The molecule has 2 saturated heterocycles. The zero-order chi connectivity index (χ0) is 15.1. The van der Waals surface area contributed by atoms with Gasteiger partial charge in [0.05, 0.1) is 0 Å². The highest BCUT2D eigenvalue weighted by atomic mass is 16.2. The van der Waals surface area contributed by atoms with Crippen LogP contribution in [0.15, 0.2) is 18.2 Å². The minimum Gasteiger partial charge on any atom is -0.335 e. The number of benzene rings is 1. The molecule has 0 aliphatic carbocycles. The van der Waals surface area contributed by atoms with E-state index in [1.54, 1.807) is 0 Å². The number of hydrogen-bond donors (Lipinski definition) is 1. The predicted octanol–water partition coefficient (Wildman–Crippen LogP) is 0.0297. The number of amides is 1. The molecule has 0 bridgehead atoms. The summed E-state index contributed by atoms with van der Waals surface area (Å²) in [7, 11) is 2.16. The molecule has 2 aliphatic heterocycles. The number of H-pyrrole nitrogens is 1. The van der Waals surface area contributed by atoms with Gasteiger partial charge in [0.15, 0.2) is 0 Å². The van der Waals surface area contributed by atoms with E-state index in [2.05, 4.69) is 32.3 Å². The number of fused-ring (bicyclic) bond motifs is 1. The minimum absolute atomic E-state index is 0.0928. The number of carbonyl (C=O) groups is 1. The predicted molar refractivity (Wildman–Crippen MR) is 82.7 cm³/mol. The van der Waals surface area contributed by atoms with Gasteiger partial charge in [-0.05, 0) is 25.2 Å². The topological polar surface area (TPSA) is 68.4 Å². The average molecular weight is 300 g/mol. The normalized spacial score (nSPS) is 21.2. The van der Waals surface area contributed by atoms with Crippen LogP contribution >= 0.6 is 0 Å². The summed E-state index contributed by atoms with van der Waals surface area (Å²) in [5, 5.41) is 10.6. The molecular formula is C15H20N6O. The van der Waals surface area contributed by atoms with Crippen molar-refractivity contribution in [3.8, 4) is 0 Å². The molecule has 4 rings (SSSR count). The van der Waals surface area contributed by atoms with Crippen LogP contribution < -0.4 is 0 Å². The lowest BCUT2D eigenvalue weighted by molar-refractivity contribution is 0.0110. The van der Waals surface area contributed by atoms with Gasteiger partial charge in [-0.2, -0.15) is 15.4 Å². The molecule has 7 heteroatoms. The van der Waals surface area contributed by atoms with Gasteiger partial charge in [0, 0.05) is 50.9 Å². The Balaban J connectivity index is 1.38. The third kappa shape index (κ3) is 2.36. The van der Waals surface area contributed by atoms with Gasteiger partial charge in [-0.15, -0.1) is 0 Å². The van der Waals surface area contributed by atoms with Gasteiger partial charge >= 0.3 is 0 Å². The summed E-state index contributed by atoms with van der Waals surface area (Å²) >= 11 is 0. The third-order valence-corrected chi connectivity index (χ3v) is 4.77. The molecule has 2 fully saturated rings. The highest BCUT2D eigenvalue weighted by molar-refractivity contribution is 5.97. The van der Waals surface area contributed by atoms with E-state index >= 15 is 0 Å². The van der Waals surface area contributed by atoms with Crippen molar-refractivity contribution >= 4 is 16.9 Å². The van der Waals surface area contributed by atoms with E-state index in [0.29, 0.717) is 11.6 Å². The molecule has 0 radical (unpaired) electrons. The van der Waals surface area contributed by atoms with Gasteiger partial charge in [-0.3, -0.25) is 9.69 Å². The maximum Gasteiger partial charge on any atom is 0.254 e. The van der Waals surface area contributed by atoms with Gasteiger partial charge in [-0.25, -0.2) is 0 Å². The van der Waals surface area contributed by atoms with Gasteiger partial charge < -0.3 is 9.80 Å². The van der Waals surface area contributed by atoms with Gasteiger partial charge in [0.2, 0.25) is 0 Å². The molecule has 1 N–H and O–H groups in total. The zero-order valence-electron chi connectivity index (χ0n) is 12.7. The Bertz CT molecular complexity index is 684. The second kappa shape index (κ2) is 5.33. The van der Waals surface area contributed by atoms with Crippen molar-refractivity contribution < 1.29 is 4.79 Å². The molecule has 3 heterocycles. The molecule has 0 unspecified atom stereocenters. The largest absolute Gasteiger partial charge is 0.335 e. The fourth-order valence-corrected chi connectivity index (χ4v) is 3.20. The second-order valence-corrected chi connectivity index (χ2v) is 6.23. The maximum absolute atomic E-state index is 12.5. The third-order valence-electron chi connectivity index (χ3n) is 4.77. The van der Waals surface area contributed by atoms with Gasteiger partial charge in [0.1, 0.15) is 11.0 Å². The number of aromatic nitrogens is 3. The molecule has 0 atom stereocenters. The molecular weight excluding hydrogens is 280 g/mol. The monoisotopic (exact) mass is 300 g/mol. The summed E-state index contributed by atoms with van der Waals surface area (Å²) in [6.45, 7) is 6.11. The number of hydrogen-bond acceptors (Lipinski definition) is 5. The smallest absolute Gasteiger partial charge is 0.254 e. The summed E-state index contributed by atoms with van der Waals surface area (Å²) in [4.78, 5) is 19.3. The number of rotatable bonds is 2. The fraction of sp³-hybridized carbons (Fsp3) is 0.533. The van der Waals surface area contributed by atoms with Crippen LogP contribution in [0.2, 0.25) is 0 Å². The minimum atomic E-state index is 0.0928. The Labute approximate surface area is 128 Å². The standard InChI is InChI=1S/C15H20N6O/c1-19-4-6-20(7-5-19)12-9-21(10-12)15(22)11-2-3-13-14(8-11)17-18-16-13/h2-3,8,12H,4-7,9-10H2,1H3,(H,16,17,18). The first-order chi connectivity index (χ1) is 10.7. The first kappa shape index (κ1) is 13.7. The van der Waals surface area contributed by atoms with Crippen molar-refractivity contribution in [2.45, 2.75) is 6.04 Å². The fourth-order valence-electron chi connectivity index (χ4n) is 3.20. The van der Waals surface area contributed by atoms with Gasteiger partial charge in [0.25, 0.3) is 5.91 Å². The molecule has 116 valence electrons. The van der Waals surface area contributed by atoms with Crippen LogP contribution in [0.1, 0.15) is 10.4 Å². The Morgan fingerprint density at radius 1 is 1.14 bits per heavy atom. The molecule has 1 aromatic heterocycles. The van der Waals surface area contributed by atoms with Crippen molar-refractivity contribution in [2.75, 3.05) is 46.3 Å². The highest BCUT2D eigenvalue weighted by Gasteiger charge is 2.36. The van der Waals surface area contributed by atoms with Crippen LogP contribution in [0.5, 0.6) is 0 Å². The molecule has 2 aliphatic rings. The van der Waals surface area contributed by atoms with E-state index in [-0.39, 0.29) is 5.91 Å². The first-order valence-corrected chi connectivity index (χ1v) is 7.73. The number of nitrogens with zero attached hydrogens (tertiary/aromatic N) is 5. The van der Waals surface area contributed by atoms with E-state index in [1.165, 1.54) is 0 Å². The Morgan fingerprint density at radius 3 is 2.64 bits per heavy atom. The molecule has 7 nitrogen and oxygen atoms in total. The summed E-state index contributed by atoms with van der Waals surface area (Å²) in [6.07, 6.45) is 0. The number of nitrogens with one attached hydrogen (secondary N) is 1. The van der Waals surface area contributed by atoms with Crippen molar-refractivity contribution in [2.24, 2.45) is 0 Å². The molecule has 1 amide bonds. The van der Waals surface area contributed by atoms with Crippen molar-refractivity contribution in [1.29, 1.82) is 0 Å². The Hall–Kier alpha value is -1.99. The van der Waals surface area contributed by atoms with Crippen molar-refractivity contribution in [3.05, 3.63) is 23.8 Å². The van der Waals surface area contributed by atoms with Crippen LogP contribution in [0.4, 0.5) is 0 Å². The van der Waals surface area contributed by atoms with E-state index in [1.807, 2.05) is 23.1 Å². The Kier molecular flexibility index (Phi) is 3.31. The lowest BCUT2D eigenvalue weighted by Gasteiger charge is -2.47. The van der Waals surface area contributed by atoms with Crippen LogP contribution in [0, 0.1) is 0 Å². The number of likely N-dealkylation sites (tertiary alicyclic amines) is 1. The zero-order valence-corrected chi connectivity index (χ0v) is 12.7. The molecule has 2 aromatic rings. The lowest BCUT2D eigenvalue weighted by atomic mass is 10.0. The van der Waals surface area contributed by atoms with Crippen LogP contribution in [-0.4, -0.2) is 88.4 Å². The number of likely N-dealkylation sites (N-methyl/N-ethyl adjacent to an activating group) is 1. The lowest BCUT2D eigenvalue weighted by Crippen LogP contribution is -2.63. The van der Waals surface area contributed by atoms with Crippen LogP contribution in [-0.2, 0) is 0 Å². The van der Waals surface area contributed by atoms with E-state index in [9.17, 15) is 4.79 Å². The van der Waals surface area contributed by atoms with E-state index in [4.69, 9.17) is 0 Å². The first-order valence-electron chi connectivity index (χ1n) is 7.73. The number of carbonyl (C=O) groups excluding carboxylic acids is 1. The van der Waals surface area contributed by atoms with Crippen LogP contribution in [0.3, 0.4) is 0 Å². The van der Waals surface area contributed by atoms with E-state index in [0.717, 1.165) is 50.3 Å². The van der Waals surface area contributed by atoms with Crippen LogP contribution in [0.25, 0.3) is 11.0 Å². The average Bonchev–Trinajstić information content (AvgIpc) is 2.95. The molecule has 0 saturated carbocycles. The summed E-state index contributed by atoms with van der Waals surface area (Å²) in [6, 6.07) is 6.00. The number of aromatic amines is 1. The van der Waals surface area contributed by atoms with Crippen molar-refractivity contribution in [1.82, 2.24) is 30.1 Å².